The average molecular weight is 408 g/mol. The van der Waals surface area contributed by atoms with Gasteiger partial charge < -0.3 is 14.5 Å². The molecule has 0 radical (unpaired) electrons. The van der Waals surface area contributed by atoms with E-state index in [4.69, 9.17) is 4.74 Å². The zero-order chi connectivity index (χ0) is 21.7. The minimum Gasteiger partial charge on any atom is -0.496 e. The number of piperazine rings is 1. The summed E-state index contributed by atoms with van der Waals surface area (Å²) in [6, 6.07) is 13.0. The summed E-state index contributed by atoms with van der Waals surface area (Å²) < 4.78 is 5.28. The van der Waals surface area contributed by atoms with Crippen molar-refractivity contribution in [1.29, 1.82) is 0 Å². The van der Waals surface area contributed by atoms with E-state index >= 15 is 0 Å². The maximum absolute atomic E-state index is 12.6. The summed E-state index contributed by atoms with van der Waals surface area (Å²) in [4.78, 5) is 40.6. The van der Waals surface area contributed by atoms with Crippen LogP contribution in [0, 0.1) is 6.92 Å². The summed E-state index contributed by atoms with van der Waals surface area (Å²) in [6.07, 6.45) is 0.370. The minimum atomic E-state index is -0.0758. The van der Waals surface area contributed by atoms with Gasteiger partial charge in [0.25, 0.3) is 0 Å². The highest BCUT2D eigenvalue weighted by molar-refractivity contribution is 6.00. The van der Waals surface area contributed by atoms with Gasteiger partial charge in [0, 0.05) is 50.3 Å². The number of carbonyl (C=O) groups is 3. The first-order chi connectivity index (χ1) is 14.4. The smallest absolute Gasteiger partial charge is 0.223 e. The van der Waals surface area contributed by atoms with Gasteiger partial charge in [0.1, 0.15) is 5.75 Å². The van der Waals surface area contributed by atoms with E-state index in [0.717, 1.165) is 24.3 Å². The summed E-state index contributed by atoms with van der Waals surface area (Å²) >= 11 is 0. The minimum absolute atomic E-state index is 0.00143. The van der Waals surface area contributed by atoms with Crippen molar-refractivity contribution < 1.29 is 19.1 Å². The monoisotopic (exact) mass is 408 g/mol. The van der Waals surface area contributed by atoms with Crippen LogP contribution in [0.1, 0.15) is 46.0 Å². The number of methoxy groups -OCH3 is 1. The summed E-state index contributed by atoms with van der Waals surface area (Å²) in [5, 5.41) is 0. The van der Waals surface area contributed by atoms with Gasteiger partial charge in [-0.3, -0.25) is 14.4 Å². The van der Waals surface area contributed by atoms with E-state index in [9.17, 15) is 14.4 Å². The van der Waals surface area contributed by atoms with Gasteiger partial charge >= 0.3 is 0 Å². The molecule has 1 aliphatic heterocycles. The largest absolute Gasteiger partial charge is 0.496 e. The number of ether oxygens (including phenoxy) is 1. The summed E-state index contributed by atoms with van der Waals surface area (Å²) in [7, 11) is 1.54. The van der Waals surface area contributed by atoms with Crippen LogP contribution in [0.4, 0.5) is 5.69 Å². The van der Waals surface area contributed by atoms with Crippen molar-refractivity contribution in [3.63, 3.8) is 0 Å². The van der Waals surface area contributed by atoms with Crippen LogP contribution in [-0.4, -0.2) is 55.7 Å². The Morgan fingerprint density at radius 1 is 0.933 bits per heavy atom. The zero-order valence-corrected chi connectivity index (χ0v) is 17.8. The van der Waals surface area contributed by atoms with Crippen LogP contribution in [0.15, 0.2) is 42.5 Å². The van der Waals surface area contributed by atoms with Crippen molar-refractivity contribution >= 4 is 23.2 Å². The Morgan fingerprint density at radius 3 is 2.20 bits per heavy atom. The molecule has 1 heterocycles. The Bertz CT molecular complexity index is 929. The fourth-order valence-electron chi connectivity index (χ4n) is 3.67. The van der Waals surface area contributed by atoms with Crippen molar-refractivity contribution in [2.75, 3.05) is 38.2 Å². The second kappa shape index (κ2) is 9.57. The molecule has 0 N–H and O–H groups in total. The Morgan fingerprint density at radius 2 is 1.60 bits per heavy atom. The molecule has 3 rings (SSSR count). The lowest BCUT2D eigenvalue weighted by Gasteiger charge is -2.36. The molecule has 1 amide bonds. The molecule has 30 heavy (non-hydrogen) atoms. The predicted molar refractivity (Wildman–Crippen MR) is 117 cm³/mol. The van der Waals surface area contributed by atoms with Crippen molar-refractivity contribution in [3.8, 4) is 5.75 Å². The molecule has 0 spiro atoms. The van der Waals surface area contributed by atoms with E-state index in [1.54, 1.807) is 20.1 Å². The maximum atomic E-state index is 12.6. The first-order valence-electron chi connectivity index (χ1n) is 10.2. The van der Waals surface area contributed by atoms with Crippen LogP contribution in [0.5, 0.6) is 5.75 Å². The molecule has 0 bridgehead atoms. The highest BCUT2D eigenvalue weighted by atomic mass is 16.5. The van der Waals surface area contributed by atoms with Crippen LogP contribution in [0.25, 0.3) is 0 Å². The highest BCUT2D eigenvalue weighted by Gasteiger charge is 2.22. The maximum Gasteiger partial charge on any atom is 0.223 e. The molecule has 158 valence electrons. The first-order valence-corrected chi connectivity index (χ1v) is 10.2. The Hall–Kier alpha value is -3.15. The number of Topliss-reactive ketones (excluding diaryl/α,β-unsaturated/α-hetero) is 2. The molecule has 0 aromatic heterocycles. The number of ketones is 2. The molecule has 6 nitrogen and oxygen atoms in total. The molecular weight excluding hydrogens is 380 g/mol. The van der Waals surface area contributed by atoms with Gasteiger partial charge in [0.05, 0.1) is 12.7 Å². The first kappa shape index (κ1) is 21.6. The van der Waals surface area contributed by atoms with Crippen LogP contribution in [-0.2, 0) is 4.79 Å². The van der Waals surface area contributed by atoms with Crippen LogP contribution in [0.2, 0.25) is 0 Å². The lowest BCUT2D eigenvalue weighted by atomic mass is 10.0. The van der Waals surface area contributed by atoms with Crippen molar-refractivity contribution in [2.24, 2.45) is 0 Å². The zero-order valence-electron chi connectivity index (χ0n) is 17.8. The lowest BCUT2D eigenvalue weighted by Crippen LogP contribution is -2.48. The number of hydrogen-bond donors (Lipinski definition) is 0. The predicted octanol–water partition coefficient (Wildman–Crippen LogP) is 3.52. The molecule has 0 unspecified atom stereocenters. The molecular formula is C24H28N2O4. The topological polar surface area (TPSA) is 66.9 Å². The third kappa shape index (κ3) is 5.06. The number of carbonyl (C=O) groups excluding carboxylic acids is 3. The number of anilines is 1. The fraction of sp³-hybridized carbons (Fsp3) is 0.375. The Balaban J connectivity index is 1.51. The van der Waals surface area contributed by atoms with E-state index in [1.165, 1.54) is 0 Å². The molecule has 6 heteroatoms. The number of nitrogens with zero attached hydrogens (tertiary/aromatic N) is 2. The summed E-state index contributed by atoms with van der Waals surface area (Å²) in [5.74, 6) is 0.520. The summed E-state index contributed by atoms with van der Waals surface area (Å²) in [5.41, 5.74) is 3.26. The molecule has 0 saturated carbocycles. The number of benzene rings is 2. The van der Waals surface area contributed by atoms with Gasteiger partial charge in [-0.25, -0.2) is 0 Å². The van der Waals surface area contributed by atoms with Crippen molar-refractivity contribution in [3.05, 3.63) is 59.2 Å². The highest BCUT2D eigenvalue weighted by Crippen LogP contribution is 2.22. The van der Waals surface area contributed by atoms with E-state index in [0.29, 0.717) is 30.0 Å². The van der Waals surface area contributed by atoms with Crippen LogP contribution >= 0.6 is 0 Å². The summed E-state index contributed by atoms with van der Waals surface area (Å²) in [6.45, 7) is 6.17. The van der Waals surface area contributed by atoms with Crippen molar-refractivity contribution in [1.82, 2.24) is 4.90 Å². The molecule has 1 aliphatic rings. The number of amides is 1. The van der Waals surface area contributed by atoms with Crippen molar-refractivity contribution in [2.45, 2.75) is 26.7 Å². The Kier molecular flexibility index (Phi) is 6.87. The average Bonchev–Trinajstić information content (AvgIpc) is 2.77. The van der Waals surface area contributed by atoms with E-state index in [-0.39, 0.29) is 30.3 Å². The molecule has 0 aliphatic carbocycles. The fourth-order valence-corrected chi connectivity index (χ4v) is 3.67. The quantitative estimate of drug-likeness (QED) is 0.656. The molecule has 2 aromatic rings. The van der Waals surface area contributed by atoms with Crippen LogP contribution in [0.3, 0.4) is 0 Å². The van der Waals surface area contributed by atoms with Gasteiger partial charge in [-0.05, 0) is 50.2 Å². The SMILES string of the molecule is COc1ccc(C)cc1C(=O)CCC(=O)N1CCN(c2ccc(C(C)=O)cc2)CC1. The van der Waals surface area contributed by atoms with E-state index in [2.05, 4.69) is 4.90 Å². The molecule has 2 aromatic carbocycles. The Labute approximate surface area is 177 Å². The van der Waals surface area contributed by atoms with Gasteiger partial charge in [-0.1, -0.05) is 11.6 Å². The number of aryl methyl sites for hydroxylation is 1. The standard InChI is InChI=1S/C24H28N2O4/c1-17-4-10-23(30-3)21(16-17)22(28)9-11-24(29)26-14-12-25(13-15-26)20-7-5-19(6-8-20)18(2)27/h4-8,10,16H,9,11-15H2,1-3H3. The van der Waals surface area contributed by atoms with Gasteiger partial charge in [-0.15, -0.1) is 0 Å². The van der Waals surface area contributed by atoms with Crippen LogP contribution < -0.4 is 9.64 Å². The lowest BCUT2D eigenvalue weighted by molar-refractivity contribution is -0.131. The van der Waals surface area contributed by atoms with Gasteiger partial charge in [0.2, 0.25) is 5.91 Å². The third-order valence-electron chi connectivity index (χ3n) is 5.49. The van der Waals surface area contributed by atoms with Gasteiger partial charge in [0.15, 0.2) is 11.6 Å². The third-order valence-corrected chi connectivity index (χ3v) is 5.49. The van der Waals surface area contributed by atoms with E-state index < -0.39 is 0 Å². The second-order valence-electron chi connectivity index (χ2n) is 7.60. The molecule has 1 saturated heterocycles. The normalized spacial score (nSPS) is 13.8. The molecule has 0 atom stereocenters. The second-order valence-corrected chi connectivity index (χ2v) is 7.60. The number of rotatable bonds is 7. The number of hydrogen-bond acceptors (Lipinski definition) is 5. The molecule has 1 fully saturated rings. The van der Waals surface area contributed by atoms with Gasteiger partial charge in [-0.2, -0.15) is 0 Å². The van der Waals surface area contributed by atoms with E-state index in [1.807, 2.05) is 48.2 Å².